The van der Waals surface area contributed by atoms with E-state index in [-0.39, 0.29) is 0 Å². The van der Waals surface area contributed by atoms with Crippen molar-refractivity contribution in [3.8, 4) is 11.1 Å². The minimum Gasteiger partial charge on any atom is -0.366 e. The van der Waals surface area contributed by atoms with Gasteiger partial charge in [-0.3, -0.25) is 4.79 Å². The van der Waals surface area contributed by atoms with E-state index in [2.05, 4.69) is 6.92 Å². The Labute approximate surface area is 184 Å². The predicted octanol–water partition coefficient (Wildman–Crippen LogP) is 6.63. The first-order chi connectivity index (χ1) is 14.6. The van der Waals surface area contributed by atoms with Crippen LogP contribution >= 0.6 is 11.6 Å². The molecule has 0 saturated carbocycles. The van der Waals surface area contributed by atoms with Crippen molar-refractivity contribution in [1.29, 1.82) is 0 Å². The molecule has 0 fully saturated rings. The lowest BCUT2D eigenvalue weighted by atomic mass is 9.96. The van der Waals surface area contributed by atoms with Gasteiger partial charge in [0.1, 0.15) is 0 Å². The maximum absolute atomic E-state index is 13.0. The average Bonchev–Trinajstić information content (AvgIpc) is 2.97. The molecule has 1 amide bonds. The molecule has 7 heteroatoms. The summed E-state index contributed by atoms with van der Waals surface area (Å²) in [5, 5.41) is 0.607. The third-order valence-corrected chi connectivity index (χ3v) is 5.61. The molecule has 2 aromatic carbocycles. The van der Waals surface area contributed by atoms with E-state index in [4.69, 9.17) is 17.3 Å². The zero-order valence-electron chi connectivity index (χ0n) is 17.4. The van der Waals surface area contributed by atoms with Crippen LogP contribution in [0.4, 0.5) is 13.2 Å². The third kappa shape index (κ3) is 4.96. The molecule has 0 unspecified atom stereocenters. The highest BCUT2D eigenvalue weighted by Crippen LogP contribution is 2.36. The predicted molar refractivity (Wildman–Crippen MR) is 117 cm³/mol. The SMILES string of the molecule is CCCCc1c(-c2ccc(C(F)(F)F)cc2)c(C(N)=O)c(C)n1Cc1cccc(Cl)c1. The summed E-state index contributed by atoms with van der Waals surface area (Å²) in [7, 11) is 0. The molecule has 0 aliphatic heterocycles. The van der Waals surface area contributed by atoms with Gasteiger partial charge in [0.15, 0.2) is 0 Å². The molecule has 0 bridgehead atoms. The van der Waals surface area contributed by atoms with Crippen LogP contribution in [0.25, 0.3) is 11.1 Å². The average molecular weight is 449 g/mol. The van der Waals surface area contributed by atoms with Gasteiger partial charge in [0.25, 0.3) is 5.91 Å². The van der Waals surface area contributed by atoms with Crippen molar-refractivity contribution >= 4 is 17.5 Å². The molecule has 2 N–H and O–H groups in total. The number of carbonyl (C=O) groups excluding carboxylic acids is 1. The number of hydrogen-bond donors (Lipinski definition) is 1. The first-order valence-electron chi connectivity index (χ1n) is 10.1. The molecule has 31 heavy (non-hydrogen) atoms. The largest absolute Gasteiger partial charge is 0.416 e. The van der Waals surface area contributed by atoms with Crippen LogP contribution in [0.1, 0.15) is 52.6 Å². The number of primary amides is 1. The van der Waals surface area contributed by atoms with Crippen LogP contribution in [-0.4, -0.2) is 10.5 Å². The van der Waals surface area contributed by atoms with E-state index in [1.54, 1.807) is 6.07 Å². The number of nitrogens with two attached hydrogens (primary N) is 1. The van der Waals surface area contributed by atoms with Gasteiger partial charge >= 0.3 is 6.18 Å². The van der Waals surface area contributed by atoms with E-state index in [1.807, 2.05) is 29.7 Å². The minimum absolute atomic E-state index is 0.341. The Morgan fingerprint density at radius 3 is 2.35 bits per heavy atom. The molecule has 0 saturated heterocycles. The summed E-state index contributed by atoms with van der Waals surface area (Å²) in [5.41, 5.74) is 9.01. The molecule has 1 aromatic heterocycles. The summed E-state index contributed by atoms with van der Waals surface area (Å²) in [6.07, 6.45) is -1.96. The molecule has 164 valence electrons. The molecule has 3 rings (SSSR count). The molecule has 3 nitrogen and oxygen atoms in total. The van der Waals surface area contributed by atoms with Crippen LogP contribution in [-0.2, 0) is 19.1 Å². The highest BCUT2D eigenvalue weighted by molar-refractivity contribution is 6.30. The second kappa shape index (κ2) is 9.18. The van der Waals surface area contributed by atoms with Gasteiger partial charge in [-0.15, -0.1) is 0 Å². The topological polar surface area (TPSA) is 48.0 Å². The monoisotopic (exact) mass is 448 g/mol. The second-order valence-electron chi connectivity index (χ2n) is 7.54. The summed E-state index contributed by atoms with van der Waals surface area (Å²) in [5.74, 6) is -0.602. The molecule has 0 atom stereocenters. The fourth-order valence-corrected chi connectivity index (χ4v) is 4.08. The van der Waals surface area contributed by atoms with E-state index < -0.39 is 17.6 Å². The molecule has 0 aliphatic carbocycles. The van der Waals surface area contributed by atoms with Gasteiger partial charge < -0.3 is 10.3 Å². The van der Waals surface area contributed by atoms with Crippen molar-refractivity contribution in [2.24, 2.45) is 5.73 Å². The van der Waals surface area contributed by atoms with Crippen LogP contribution < -0.4 is 5.73 Å². The lowest BCUT2D eigenvalue weighted by Gasteiger charge is -2.14. The summed E-state index contributed by atoms with van der Waals surface area (Å²) < 4.78 is 41.1. The first-order valence-corrected chi connectivity index (χ1v) is 10.4. The van der Waals surface area contributed by atoms with Gasteiger partial charge in [0.2, 0.25) is 0 Å². The van der Waals surface area contributed by atoms with Crippen LogP contribution in [0.15, 0.2) is 48.5 Å². The van der Waals surface area contributed by atoms with Crippen LogP contribution in [0.2, 0.25) is 5.02 Å². The third-order valence-electron chi connectivity index (χ3n) is 5.38. The smallest absolute Gasteiger partial charge is 0.366 e. The minimum atomic E-state index is -4.43. The number of amides is 1. The summed E-state index contributed by atoms with van der Waals surface area (Å²) in [6.45, 7) is 4.35. The van der Waals surface area contributed by atoms with Crippen molar-refractivity contribution in [3.05, 3.63) is 81.6 Å². The highest BCUT2D eigenvalue weighted by Gasteiger charge is 2.31. The lowest BCUT2D eigenvalue weighted by molar-refractivity contribution is -0.137. The van der Waals surface area contributed by atoms with Crippen molar-refractivity contribution < 1.29 is 18.0 Å². The Balaban J connectivity index is 2.19. The van der Waals surface area contributed by atoms with Gasteiger partial charge in [-0.1, -0.05) is 49.2 Å². The number of alkyl halides is 3. The number of carbonyl (C=O) groups is 1. The number of unbranched alkanes of at least 4 members (excludes halogenated alkanes) is 1. The Hall–Kier alpha value is -2.73. The summed E-state index contributed by atoms with van der Waals surface area (Å²) in [4.78, 5) is 12.4. The molecule has 1 heterocycles. The highest BCUT2D eigenvalue weighted by atomic mass is 35.5. The van der Waals surface area contributed by atoms with Crippen molar-refractivity contribution in [2.45, 2.75) is 45.8 Å². The fraction of sp³-hybridized carbons (Fsp3) is 0.292. The van der Waals surface area contributed by atoms with E-state index in [0.29, 0.717) is 40.4 Å². The molecule has 0 spiro atoms. The summed E-state index contributed by atoms with van der Waals surface area (Å²) >= 11 is 6.13. The zero-order valence-corrected chi connectivity index (χ0v) is 18.1. The Kier molecular flexibility index (Phi) is 6.80. The van der Waals surface area contributed by atoms with E-state index >= 15 is 0 Å². The fourth-order valence-electron chi connectivity index (χ4n) is 3.87. The maximum atomic E-state index is 13.0. The Morgan fingerprint density at radius 2 is 1.81 bits per heavy atom. The Bertz CT molecular complexity index is 1090. The number of benzene rings is 2. The Morgan fingerprint density at radius 1 is 1.13 bits per heavy atom. The van der Waals surface area contributed by atoms with Gasteiger partial charge in [-0.05, 0) is 55.2 Å². The molecular weight excluding hydrogens is 425 g/mol. The molecule has 0 aliphatic rings. The van der Waals surface area contributed by atoms with Gasteiger partial charge in [0, 0.05) is 28.5 Å². The molecule has 3 aromatic rings. The number of aromatic nitrogens is 1. The standard InChI is InChI=1S/C24H24ClF3N2O/c1-3-4-8-20-22(17-9-11-18(12-10-17)24(26,27)28)21(23(29)31)15(2)30(20)14-16-6-5-7-19(25)13-16/h5-7,9-13H,3-4,8,14H2,1-2H3,(H2,29,31). The van der Waals surface area contributed by atoms with Crippen LogP contribution in [0.3, 0.4) is 0 Å². The molecular formula is C24H24ClF3N2O. The van der Waals surface area contributed by atoms with Crippen molar-refractivity contribution in [1.82, 2.24) is 4.57 Å². The summed E-state index contributed by atoms with van der Waals surface area (Å²) in [6, 6.07) is 12.3. The zero-order chi connectivity index (χ0) is 22.8. The van der Waals surface area contributed by atoms with E-state index in [9.17, 15) is 18.0 Å². The van der Waals surface area contributed by atoms with Gasteiger partial charge in [0.05, 0.1) is 11.1 Å². The number of nitrogens with zero attached hydrogens (tertiary/aromatic N) is 1. The normalized spacial score (nSPS) is 11.7. The van der Waals surface area contributed by atoms with E-state index in [0.717, 1.165) is 36.2 Å². The number of rotatable bonds is 7. The number of halogens is 4. The van der Waals surface area contributed by atoms with Crippen LogP contribution in [0, 0.1) is 6.92 Å². The molecule has 0 radical (unpaired) electrons. The van der Waals surface area contributed by atoms with Crippen LogP contribution in [0.5, 0.6) is 0 Å². The lowest BCUT2D eigenvalue weighted by Crippen LogP contribution is -2.13. The quantitative estimate of drug-likeness (QED) is 0.433. The van der Waals surface area contributed by atoms with Crippen molar-refractivity contribution in [2.75, 3.05) is 0 Å². The van der Waals surface area contributed by atoms with Crippen molar-refractivity contribution in [3.63, 3.8) is 0 Å². The van der Waals surface area contributed by atoms with E-state index in [1.165, 1.54) is 12.1 Å². The van der Waals surface area contributed by atoms with Gasteiger partial charge in [-0.2, -0.15) is 13.2 Å². The number of hydrogen-bond acceptors (Lipinski definition) is 1. The first kappa shape index (κ1) is 22.9. The second-order valence-corrected chi connectivity index (χ2v) is 7.98. The maximum Gasteiger partial charge on any atom is 0.416 e. The van der Waals surface area contributed by atoms with Gasteiger partial charge in [-0.25, -0.2) is 0 Å².